The molecule has 0 aliphatic carbocycles. The largest absolute Gasteiger partial charge is 0.465 e. The summed E-state index contributed by atoms with van der Waals surface area (Å²) in [5.74, 6) is 0.701. The van der Waals surface area contributed by atoms with Crippen molar-refractivity contribution in [3.63, 3.8) is 0 Å². The van der Waals surface area contributed by atoms with Crippen LogP contribution in [0.25, 0.3) is 22.3 Å². The number of esters is 1. The topological polar surface area (TPSA) is 69.9 Å². The molecular formula is C24H24N4O2. The van der Waals surface area contributed by atoms with Crippen molar-refractivity contribution in [2.45, 2.75) is 32.7 Å². The Morgan fingerprint density at radius 3 is 2.67 bits per heavy atom. The Bertz CT molecular complexity index is 1170. The Hall–Kier alpha value is -3.54. The van der Waals surface area contributed by atoms with E-state index < -0.39 is 0 Å². The van der Waals surface area contributed by atoms with Gasteiger partial charge in [0.1, 0.15) is 17.7 Å². The molecule has 30 heavy (non-hydrogen) atoms. The maximum Gasteiger partial charge on any atom is 0.338 e. The molecule has 0 bridgehead atoms. The van der Waals surface area contributed by atoms with E-state index in [1.807, 2.05) is 30.3 Å². The quantitative estimate of drug-likeness (QED) is 0.422. The van der Waals surface area contributed by atoms with Crippen LogP contribution in [0.5, 0.6) is 0 Å². The number of hydrogen-bond acceptors (Lipinski definition) is 5. The van der Waals surface area contributed by atoms with Crippen LogP contribution in [0, 0.1) is 0 Å². The predicted molar refractivity (Wildman–Crippen MR) is 116 cm³/mol. The zero-order valence-corrected chi connectivity index (χ0v) is 17.2. The van der Waals surface area contributed by atoms with E-state index in [0.717, 1.165) is 52.9 Å². The van der Waals surface area contributed by atoms with Crippen LogP contribution < -0.4 is 0 Å². The van der Waals surface area contributed by atoms with Gasteiger partial charge in [0.15, 0.2) is 5.65 Å². The van der Waals surface area contributed by atoms with E-state index in [1.54, 1.807) is 18.6 Å². The third-order valence-corrected chi connectivity index (χ3v) is 5.18. The van der Waals surface area contributed by atoms with Gasteiger partial charge in [-0.3, -0.25) is 0 Å². The zero-order chi connectivity index (χ0) is 20.9. The van der Waals surface area contributed by atoms with Gasteiger partial charge in [-0.25, -0.2) is 19.7 Å². The highest BCUT2D eigenvalue weighted by Gasteiger charge is 2.14. The van der Waals surface area contributed by atoms with E-state index in [4.69, 9.17) is 9.72 Å². The fourth-order valence-electron chi connectivity index (χ4n) is 3.61. The van der Waals surface area contributed by atoms with E-state index in [2.05, 4.69) is 33.6 Å². The summed E-state index contributed by atoms with van der Waals surface area (Å²) in [7, 11) is 1.40. The molecule has 0 atom stereocenters. The minimum absolute atomic E-state index is 0.334. The maximum absolute atomic E-state index is 12.1. The van der Waals surface area contributed by atoms with Crippen molar-refractivity contribution in [3.8, 4) is 11.1 Å². The second kappa shape index (κ2) is 8.86. The lowest BCUT2D eigenvalue weighted by atomic mass is 9.98. The van der Waals surface area contributed by atoms with Crippen molar-refractivity contribution in [2.24, 2.45) is 0 Å². The minimum atomic E-state index is -0.334. The lowest BCUT2D eigenvalue weighted by Gasteiger charge is -2.11. The highest BCUT2D eigenvalue weighted by atomic mass is 16.5. The van der Waals surface area contributed by atoms with Crippen LogP contribution in [0.15, 0.2) is 61.1 Å². The molecule has 0 radical (unpaired) electrons. The van der Waals surface area contributed by atoms with Crippen LogP contribution in [-0.4, -0.2) is 32.6 Å². The first-order valence-corrected chi connectivity index (χ1v) is 10.1. The smallest absolute Gasteiger partial charge is 0.338 e. The van der Waals surface area contributed by atoms with E-state index in [9.17, 15) is 4.79 Å². The SMILES string of the molecule is CCCCc1nc2cncnc2n1Cc1ccc(-c2ccccc2C(=O)OC)cc1. The number of benzene rings is 2. The first kappa shape index (κ1) is 19.8. The summed E-state index contributed by atoms with van der Waals surface area (Å²) < 4.78 is 7.09. The Balaban J connectivity index is 1.65. The fraction of sp³-hybridized carbons (Fsp3) is 0.250. The maximum atomic E-state index is 12.1. The number of imidazole rings is 1. The van der Waals surface area contributed by atoms with Gasteiger partial charge in [0.2, 0.25) is 0 Å². The molecule has 2 aromatic heterocycles. The van der Waals surface area contributed by atoms with Gasteiger partial charge in [-0.2, -0.15) is 0 Å². The number of rotatable bonds is 7. The average Bonchev–Trinajstić information content (AvgIpc) is 3.15. The van der Waals surface area contributed by atoms with Crippen molar-refractivity contribution in [3.05, 3.63) is 78.0 Å². The normalized spacial score (nSPS) is 11.0. The minimum Gasteiger partial charge on any atom is -0.465 e. The summed E-state index contributed by atoms with van der Waals surface area (Å²) in [6, 6.07) is 15.7. The Labute approximate surface area is 175 Å². The number of hydrogen-bond donors (Lipinski definition) is 0. The molecule has 0 saturated heterocycles. The lowest BCUT2D eigenvalue weighted by Crippen LogP contribution is -2.06. The molecule has 0 unspecified atom stereocenters. The summed E-state index contributed by atoms with van der Waals surface area (Å²) in [5, 5.41) is 0. The van der Waals surface area contributed by atoms with Gasteiger partial charge >= 0.3 is 5.97 Å². The third kappa shape index (κ3) is 3.94. The number of carbonyl (C=O) groups excluding carboxylic acids is 1. The van der Waals surface area contributed by atoms with Crippen molar-refractivity contribution in [2.75, 3.05) is 7.11 Å². The van der Waals surface area contributed by atoms with Crippen LogP contribution in [0.3, 0.4) is 0 Å². The third-order valence-electron chi connectivity index (χ3n) is 5.18. The number of ether oxygens (including phenoxy) is 1. The molecule has 2 aromatic carbocycles. The molecule has 0 fully saturated rings. The molecule has 6 nitrogen and oxygen atoms in total. The molecule has 2 heterocycles. The van der Waals surface area contributed by atoms with Gasteiger partial charge < -0.3 is 9.30 Å². The Morgan fingerprint density at radius 2 is 1.90 bits per heavy atom. The van der Waals surface area contributed by atoms with E-state index >= 15 is 0 Å². The first-order chi connectivity index (χ1) is 14.7. The monoisotopic (exact) mass is 400 g/mol. The van der Waals surface area contributed by atoms with Gasteiger partial charge in [-0.05, 0) is 29.2 Å². The molecule has 0 spiro atoms. The predicted octanol–water partition coefficient (Wildman–Crippen LogP) is 4.67. The summed E-state index contributed by atoms with van der Waals surface area (Å²) in [6.07, 6.45) is 6.44. The molecule has 152 valence electrons. The van der Waals surface area contributed by atoms with Crippen LogP contribution in [-0.2, 0) is 17.7 Å². The zero-order valence-electron chi connectivity index (χ0n) is 17.2. The highest BCUT2D eigenvalue weighted by molar-refractivity contribution is 5.97. The lowest BCUT2D eigenvalue weighted by molar-refractivity contribution is 0.0601. The molecule has 0 saturated carbocycles. The van der Waals surface area contributed by atoms with Crippen molar-refractivity contribution in [1.82, 2.24) is 19.5 Å². The standard InChI is InChI=1S/C24H24N4O2/c1-3-4-9-22-27-21-14-25-16-26-23(21)28(22)15-17-10-12-18(13-11-17)19-7-5-6-8-20(19)24(29)30-2/h5-8,10-14,16H,3-4,9,15H2,1-2H3. The molecule has 0 N–H and O–H groups in total. The van der Waals surface area contributed by atoms with E-state index in [1.165, 1.54) is 7.11 Å². The molecule has 6 heteroatoms. The number of aryl methyl sites for hydroxylation is 1. The number of nitrogens with zero attached hydrogens (tertiary/aromatic N) is 4. The fourth-order valence-corrected chi connectivity index (χ4v) is 3.61. The van der Waals surface area contributed by atoms with Gasteiger partial charge in [0.25, 0.3) is 0 Å². The second-order valence-electron chi connectivity index (χ2n) is 7.18. The molecule has 0 amide bonds. The van der Waals surface area contributed by atoms with Gasteiger partial charge in [-0.1, -0.05) is 55.8 Å². The van der Waals surface area contributed by atoms with Crippen LogP contribution in [0.1, 0.15) is 41.5 Å². The molecule has 0 aliphatic heterocycles. The summed E-state index contributed by atoms with van der Waals surface area (Å²) >= 11 is 0. The second-order valence-corrected chi connectivity index (χ2v) is 7.18. The number of unbranched alkanes of at least 4 members (excludes halogenated alkanes) is 1. The van der Waals surface area contributed by atoms with Crippen LogP contribution in [0.2, 0.25) is 0 Å². The number of fused-ring (bicyclic) bond motifs is 1. The Kier molecular flexibility index (Phi) is 5.84. The number of aromatic nitrogens is 4. The van der Waals surface area contributed by atoms with E-state index in [-0.39, 0.29) is 5.97 Å². The van der Waals surface area contributed by atoms with Crippen molar-refractivity contribution >= 4 is 17.1 Å². The van der Waals surface area contributed by atoms with Gasteiger partial charge in [0, 0.05) is 6.42 Å². The van der Waals surface area contributed by atoms with Gasteiger partial charge in [-0.15, -0.1) is 0 Å². The first-order valence-electron chi connectivity index (χ1n) is 10.1. The Morgan fingerprint density at radius 1 is 1.10 bits per heavy atom. The van der Waals surface area contributed by atoms with Crippen LogP contribution >= 0.6 is 0 Å². The summed E-state index contributed by atoms with van der Waals surface area (Å²) in [6.45, 7) is 2.86. The highest BCUT2D eigenvalue weighted by Crippen LogP contribution is 2.25. The molecular weight excluding hydrogens is 376 g/mol. The van der Waals surface area contributed by atoms with Crippen LogP contribution in [0.4, 0.5) is 0 Å². The summed E-state index contributed by atoms with van der Waals surface area (Å²) in [5.41, 5.74) is 5.23. The van der Waals surface area contributed by atoms with Crippen molar-refractivity contribution in [1.29, 1.82) is 0 Å². The number of methoxy groups -OCH3 is 1. The molecule has 4 rings (SSSR count). The van der Waals surface area contributed by atoms with Crippen molar-refractivity contribution < 1.29 is 9.53 Å². The summed E-state index contributed by atoms with van der Waals surface area (Å²) in [4.78, 5) is 25.4. The van der Waals surface area contributed by atoms with E-state index in [0.29, 0.717) is 12.1 Å². The molecule has 4 aromatic rings. The number of carbonyl (C=O) groups is 1. The van der Waals surface area contributed by atoms with Gasteiger partial charge in [0.05, 0.1) is 25.4 Å². The molecule has 0 aliphatic rings. The average molecular weight is 400 g/mol.